The minimum absolute atomic E-state index is 0.0170. The molecule has 3 rings (SSSR count). The van der Waals surface area contributed by atoms with Crippen molar-refractivity contribution < 1.29 is 17.9 Å². The molecule has 0 bridgehead atoms. The van der Waals surface area contributed by atoms with Crippen LogP contribution in [0.25, 0.3) is 10.9 Å². The second-order valence-electron chi connectivity index (χ2n) is 4.40. The molecule has 94 valence electrons. The van der Waals surface area contributed by atoms with Gasteiger partial charge in [-0.3, -0.25) is 0 Å². The van der Waals surface area contributed by atoms with Gasteiger partial charge in [-0.15, -0.1) is 0 Å². The van der Waals surface area contributed by atoms with Gasteiger partial charge in [-0.2, -0.15) is 13.2 Å². The van der Waals surface area contributed by atoms with Crippen molar-refractivity contribution >= 4 is 10.9 Å². The van der Waals surface area contributed by atoms with Crippen molar-refractivity contribution in [3.05, 3.63) is 41.6 Å². The predicted molar refractivity (Wildman–Crippen MR) is 60.0 cm³/mol. The third-order valence-electron chi connectivity index (χ3n) is 3.04. The van der Waals surface area contributed by atoms with Crippen LogP contribution in [0.2, 0.25) is 0 Å². The van der Waals surface area contributed by atoms with E-state index in [1.165, 1.54) is 6.07 Å². The lowest BCUT2D eigenvalue weighted by atomic mass is 10.1. The molecule has 1 saturated heterocycles. The van der Waals surface area contributed by atoms with Crippen LogP contribution in [0.4, 0.5) is 13.2 Å². The Morgan fingerprint density at radius 1 is 1.17 bits per heavy atom. The molecule has 2 nitrogen and oxygen atoms in total. The summed E-state index contributed by atoms with van der Waals surface area (Å²) in [6.07, 6.45) is -4.19. The van der Waals surface area contributed by atoms with Gasteiger partial charge in [-0.05, 0) is 31.2 Å². The molecule has 1 fully saturated rings. The van der Waals surface area contributed by atoms with Crippen LogP contribution in [0.5, 0.6) is 0 Å². The molecule has 0 aliphatic carbocycles. The highest BCUT2D eigenvalue weighted by atomic mass is 19.4. The molecule has 18 heavy (non-hydrogen) atoms. The Labute approximate surface area is 101 Å². The summed E-state index contributed by atoms with van der Waals surface area (Å²) < 4.78 is 42.9. The number of fused-ring (bicyclic) bond motifs is 1. The first-order chi connectivity index (χ1) is 8.45. The fourth-order valence-corrected chi connectivity index (χ4v) is 1.97. The van der Waals surface area contributed by atoms with Crippen molar-refractivity contribution in [3.8, 4) is 0 Å². The average molecular weight is 253 g/mol. The maximum atomic E-state index is 12.5. The van der Waals surface area contributed by atoms with Gasteiger partial charge in [0.05, 0.1) is 22.9 Å². The maximum Gasteiger partial charge on any atom is 0.416 e. The Hall–Kier alpha value is -1.62. The molecule has 1 aromatic carbocycles. The van der Waals surface area contributed by atoms with E-state index in [4.69, 9.17) is 4.74 Å². The topological polar surface area (TPSA) is 25.4 Å². The minimum atomic E-state index is -4.32. The first kappa shape index (κ1) is 11.5. The number of benzene rings is 1. The van der Waals surface area contributed by atoms with Gasteiger partial charge in [0.15, 0.2) is 0 Å². The first-order valence-corrected chi connectivity index (χ1v) is 5.58. The van der Waals surface area contributed by atoms with Crippen LogP contribution in [0.15, 0.2) is 30.3 Å². The van der Waals surface area contributed by atoms with E-state index >= 15 is 0 Å². The molecule has 0 saturated carbocycles. The number of aromatic nitrogens is 1. The van der Waals surface area contributed by atoms with Crippen molar-refractivity contribution in [3.63, 3.8) is 0 Å². The molecule has 1 aliphatic rings. The summed E-state index contributed by atoms with van der Waals surface area (Å²) in [4.78, 5) is 4.32. The highest BCUT2D eigenvalue weighted by Gasteiger charge is 2.37. The van der Waals surface area contributed by atoms with E-state index in [-0.39, 0.29) is 12.2 Å². The Balaban J connectivity index is 2.04. The second-order valence-corrected chi connectivity index (χ2v) is 4.40. The monoisotopic (exact) mass is 253 g/mol. The van der Waals surface area contributed by atoms with Gasteiger partial charge in [0.2, 0.25) is 0 Å². The molecule has 0 spiro atoms. The van der Waals surface area contributed by atoms with Crippen LogP contribution in [-0.4, -0.2) is 11.1 Å². The molecule has 0 radical (unpaired) electrons. The summed E-state index contributed by atoms with van der Waals surface area (Å²) in [5, 5.41) is 0.488. The molecular weight excluding hydrogens is 243 g/mol. The van der Waals surface area contributed by atoms with E-state index in [0.717, 1.165) is 17.8 Å². The number of pyridine rings is 1. The van der Waals surface area contributed by atoms with Crippen LogP contribution in [-0.2, 0) is 10.9 Å². The smallest absolute Gasteiger partial charge is 0.363 e. The summed E-state index contributed by atoms with van der Waals surface area (Å²) in [5.41, 5.74) is 0.679. The number of epoxide rings is 1. The Kier molecular flexibility index (Phi) is 2.35. The normalized spacial score (nSPS) is 23.3. The standard InChI is InChI=1S/C13H10F3NO/c1-7-12(18-7)11-4-2-8-6-9(13(14,15)16)3-5-10(8)17-11/h2-7,12H,1H3/t7-,12-/m0/s1. The van der Waals surface area contributed by atoms with Crippen LogP contribution >= 0.6 is 0 Å². The van der Waals surface area contributed by atoms with Gasteiger partial charge in [-0.25, -0.2) is 4.98 Å². The van der Waals surface area contributed by atoms with Gasteiger partial charge < -0.3 is 4.74 Å². The molecule has 1 aromatic heterocycles. The number of hydrogen-bond acceptors (Lipinski definition) is 2. The number of nitrogens with zero attached hydrogens (tertiary/aromatic N) is 1. The maximum absolute atomic E-state index is 12.5. The largest absolute Gasteiger partial charge is 0.416 e. The van der Waals surface area contributed by atoms with Gasteiger partial charge in [-0.1, -0.05) is 6.07 Å². The lowest BCUT2D eigenvalue weighted by molar-refractivity contribution is -0.137. The second kappa shape index (κ2) is 3.68. The number of hydrogen-bond donors (Lipinski definition) is 0. The fourth-order valence-electron chi connectivity index (χ4n) is 1.97. The summed E-state index contributed by atoms with van der Waals surface area (Å²) in [7, 11) is 0. The van der Waals surface area contributed by atoms with Gasteiger partial charge in [0.25, 0.3) is 0 Å². The van der Waals surface area contributed by atoms with E-state index < -0.39 is 11.7 Å². The average Bonchev–Trinajstić information content (AvgIpc) is 3.04. The van der Waals surface area contributed by atoms with Crippen molar-refractivity contribution in [2.75, 3.05) is 0 Å². The quantitative estimate of drug-likeness (QED) is 0.724. The lowest BCUT2D eigenvalue weighted by Crippen LogP contribution is -2.04. The SMILES string of the molecule is C[C@@H]1O[C@@H]1c1ccc2cc(C(F)(F)F)ccc2n1. The molecule has 0 amide bonds. The van der Waals surface area contributed by atoms with Crippen LogP contribution < -0.4 is 0 Å². The molecule has 2 aromatic rings. The Morgan fingerprint density at radius 2 is 1.89 bits per heavy atom. The zero-order valence-electron chi connectivity index (χ0n) is 9.53. The van der Waals surface area contributed by atoms with Crippen LogP contribution in [0, 0.1) is 0 Å². The van der Waals surface area contributed by atoms with Gasteiger partial charge in [0.1, 0.15) is 6.10 Å². The molecule has 2 heterocycles. The Bertz CT molecular complexity index is 609. The number of rotatable bonds is 1. The summed E-state index contributed by atoms with van der Waals surface area (Å²) in [6.45, 7) is 1.93. The molecule has 5 heteroatoms. The molecule has 1 aliphatic heterocycles. The van der Waals surface area contributed by atoms with Crippen molar-refractivity contribution in [2.24, 2.45) is 0 Å². The highest BCUT2D eigenvalue weighted by Crippen LogP contribution is 2.38. The first-order valence-electron chi connectivity index (χ1n) is 5.58. The van der Waals surface area contributed by atoms with E-state index in [2.05, 4.69) is 4.98 Å². The zero-order valence-corrected chi connectivity index (χ0v) is 9.53. The number of halogens is 3. The van der Waals surface area contributed by atoms with Gasteiger partial charge in [0, 0.05) is 5.39 Å². The fraction of sp³-hybridized carbons (Fsp3) is 0.308. The molecule has 0 unspecified atom stereocenters. The molecule has 2 atom stereocenters. The van der Waals surface area contributed by atoms with Crippen molar-refractivity contribution in [1.29, 1.82) is 0 Å². The number of ether oxygens (including phenoxy) is 1. The van der Waals surface area contributed by atoms with E-state index in [9.17, 15) is 13.2 Å². The summed E-state index contributed by atoms with van der Waals surface area (Å²) >= 11 is 0. The minimum Gasteiger partial charge on any atom is -0.363 e. The predicted octanol–water partition coefficient (Wildman–Crippen LogP) is 3.71. The van der Waals surface area contributed by atoms with E-state index in [1.807, 2.05) is 6.92 Å². The third kappa shape index (κ3) is 1.95. The van der Waals surface area contributed by atoms with Gasteiger partial charge >= 0.3 is 6.18 Å². The Morgan fingerprint density at radius 3 is 2.50 bits per heavy atom. The lowest BCUT2D eigenvalue weighted by Gasteiger charge is -2.07. The highest BCUT2D eigenvalue weighted by molar-refractivity contribution is 5.79. The van der Waals surface area contributed by atoms with Crippen molar-refractivity contribution in [1.82, 2.24) is 4.98 Å². The number of alkyl halides is 3. The summed E-state index contributed by atoms with van der Waals surface area (Å²) in [6, 6.07) is 6.94. The third-order valence-corrected chi connectivity index (χ3v) is 3.04. The van der Waals surface area contributed by atoms with Crippen LogP contribution in [0.1, 0.15) is 24.3 Å². The molecular formula is C13H10F3NO. The van der Waals surface area contributed by atoms with Crippen LogP contribution in [0.3, 0.4) is 0 Å². The van der Waals surface area contributed by atoms with E-state index in [1.54, 1.807) is 12.1 Å². The zero-order chi connectivity index (χ0) is 12.9. The molecule has 0 N–H and O–H groups in total. The van der Waals surface area contributed by atoms with Crippen molar-refractivity contribution in [2.45, 2.75) is 25.3 Å². The summed E-state index contributed by atoms with van der Waals surface area (Å²) in [5.74, 6) is 0. The van der Waals surface area contributed by atoms with E-state index in [0.29, 0.717) is 10.9 Å².